The van der Waals surface area contributed by atoms with Crippen LogP contribution in [0, 0.1) is 23.7 Å². The molecule has 0 aliphatic heterocycles. The molecule has 2 rings (SSSR count). The molecular weight excluding hydrogens is 276 g/mol. The van der Waals surface area contributed by atoms with Crippen LogP contribution in [0.15, 0.2) is 66.8 Å². The minimum atomic E-state index is 0.926. The molecule has 0 saturated carbocycles. The maximum atomic E-state index is 3.05. The Kier molecular flexibility index (Phi) is 6.52. The molecule has 0 fully saturated rings. The Morgan fingerprint density at radius 3 is 1.87 bits per heavy atom. The molecule has 0 radical (unpaired) electrons. The summed E-state index contributed by atoms with van der Waals surface area (Å²) in [6.07, 6.45) is 9.33. The normalized spacial score (nSPS) is 10.2. The average molecular weight is 296 g/mol. The van der Waals surface area contributed by atoms with Gasteiger partial charge in [-0.1, -0.05) is 60.4 Å². The van der Waals surface area contributed by atoms with Gasteiger partial charge in [0.15, 0.2) is 0 Å². The molecule has 0 heterocycles. The lowest BCUT2D eigenvalue weighted by Crippen LogP contribution is -1.81. The van der Waals surface area contributed by atoms with Gasteiger partial charge in [-0.15, -0.1) is 11.8 Å². The van der Waals surface area contributed by atoms with Crippen LogP contribution >= 0.6 is 0 Å². The molecule has 0 saturated heterocycles. The Labute approximate surface area is 139 Å². The van der Waals surface area contributed by atoms with Gasteiger partial charge in [-0.25, -0.2) is 0 Å². The summed E-state index contributed by atoms with van der Waals surface area (Å²) < 4.78 is 0. The number of benzene rings is 2. The third-order valence-electron chi connectivity index (χ3n) is 3.29. The predicted molar refractivity (Wildman–Crippen MR) is 99.9 cm³/mol. The zero-order valence-corrected chi connectivity index (χ0v) is 13.6. The minimum Gasteiger partial charge on any atom is -0.101 e. The van der Waals surface area contributed by atoms with Gasteiger partial charge in [0.05, 0.1) is 0 Å². The molecule has 0 spiro atoms. The number of allylic oxidation sites excluding steroid dienone is 3. The Morgan fingerprint density at radius 1 is 0.739 bits per heavy atom. The van der Waals surface area contributed by atoms with E-state index in [1.54, 1.807) is 0 Å². The summed E-state index contributed by atoms with van der Waals surface area (Å²) in [4.78, 5) is 0. The molecule has 0 bridgehead atoms. The van der Waals surface area contributed by atoms with Crippen molar-refractivity contribution in [3.05, 3.63) is 89.0 Å². The maximum Gasteiger partial charge on any atom is 0.0245 e. The average Bonchev–Trinajstić information content (AvgIpc) is 2.58. The van der Waals surface area contributed by atoms with Crippen molar-refractivity contribution in [3.8, 4) is 23.7 Å². The fraction of sp³-hybridized carbons (Fsp3) is 0.130. The van der Waals surface area contributed by atoms with Crippen LogP contribution in [-0.2, 0) is 6.42 Å². The lowest BCUT2D eigenvalue weighted by molar-refractivity contribution is 1.27. The van der Waals surface area contributed by atoms with E-state index in [1.165, 1.54) is 11.1 Å². The zero-order chi connectivity index (χ0) is 16.3. The van der Waals surface area contributed by atoms with Crippen LogP contribution in [0.2, 0.25) is 0 Å². The van der Waals surface area contributed by atoms with Crippen LogP contribution in [0.5, 0.6) is 0 Å². The van der Waals surface area contributed by atoms with Gasteiger partial charge in [0, 0.05) is 11.1 Å². The molecule has 0 aliphatic carbocycles. The van der Waals surface area contributed by atoms with Gasteiger partial charge < -0.3 is 0 Å². The number of hydrogen-bond donors (Lipinski definition) is 0. The second-order valence-electron chi connectivity index (χ2n) is 5.06. The molecule has 0 aromatic heterocycles. The molecule has 112 valence electrons. The Balaban J connectivity index is 1.87. The third kappa shape index (κ3) is 5.74. The van der Waals surface area contributed by atoms with E-state index in [0.717, 1.165) is 17.5 Å². The molecule has 0 nitrogen and oxygen atoms in total. The van der Waals surface area contributed by atoms with Crippen molar-refractivity contribution in [1.82, 2.24) is 0 Å². The topological polar surface area (TPSA) is 0 Å². The van der Waals surface area contributed by atoms with Gasteiger partial charge in [0.1, 0.15) is 0 Å². The van der Waals surface area contributed by atoms with Crippen molar-refractivity contribution in [2.24, 2.45) is 0 Å². The van der Waals surface area contributed by atoms with Crippen molar-refractivity contribution in [3.63, 3.8) is 0 Å². The van der Waals surface area contributed by atoms with Crippen molar-refractivity contribution < 1.29 is 0 Å². The predicted octanol–water partition coefficient (Wildman–Crippen LogP) is 5.24. The molecule has 0 aliphatic rings. The van der Waals surface area contributed by atoms with Crippen LogP contribution in [0.1, 0.15) is 36.1 Å². The lowest BCUT2D eigenvalue weighted by Gasteiger charge is -1.96. The first-order chi connectivity index (χ1) is 11.3. The molecule has 2 aromatic carbocycles. The van der Waals surface area contributed by atoms with Crippen molar-refractivity contribution in [2.45, 2.75) is 20.3 Å². The maximum absolute atomic E-state index is 3.05. The van der Waals surface area contributed by atoms with Gasteiger partial charge in [-0.2, -0.15) is 0 Å². The van der Waals surface area contributed by atoms with E-state index in [-0.39, 0.29) is 0 Å². The van der Waals surface area contributed by atoms with Crippen LogP contribution in [-0.4, -0.2) is 0 Å². The fourth-order valence-corrected chi connectivity index (χ4v) is 2.14. The molecule has 0 N–H and O–H groups in total. The standard InChI is InChI=1S/C23H20/c1-3-8-20-12-16-22(17-13-20)10-6-5-7-11-23-18-14-21(9-4-2)15-19-23/h5-7,10,12-19H,11H2,1-2H3. The van der Waals surface area contributed by atoms with Crippen molar-refractivity contribution >= 4 is 6.08 Å². The summed E-state index contributed by atoms with van der Waals surface area (Å²) in [6.45, 7) is 3.71. The molecule has 2 aromatic rings. The van der Waals surface area contributed by atoms with Gasteiger partial charge >= 0.3 is 0 Å². The van der Waals surface area contributed by atoms with E-state index in [9.17, 15) is 0 Å². The zero-order valence-electron chi connectivity index (χ0n) is 13.6. The van der Waals surface area contributed by atoms with E-state index in [0.29, 0.717) is 0 Å². The van der Waals surface area contributed by atoms with E-state index < -0.39 is 0 Å². The molecule has 0 amide bonds. The molecule has 0 unspecified atom stereocenters. The quantitative estimate of drug-likeness (QED) is 0.534. The highest BCUT2D eigenvalue weighted by Crippen LogP contribution is 2.07. The monoisotopic (exact) mass is 296 g/mol. The summed E-state index contributed by atoms with van der Waals surface area (Å²) in [7, 11) is 0. The summed E-state index contributed by atoms with van der Waals surface area (Å²) in [5, 5.41) is 0. The van der Waals surface area contributed by atoms with Gasteiger partial charge in [-0.05, 0) is 55.7 Å². The Hall–Kier alpha value is -2.96. The summed E-state index contributed by atoms with van der Waals surface area (Å²) in [5.74, 6) is 11.9. The van der Waals surface area contributed by atoms with Crippen LogP contribution < -0.4 is 0 Å². The first-order valence-electron chi connectivity index (χ1n) is 7.69. The van der Waals surface area contributed by atoms with Crippen LogP contribution in [0.25, 0.3) is 6.08 Å². The Morgan fingerprint density at radius 2 is 1.30 bits per heavy atom. The number of rotatable bonds is 4. The lowest BCUT2D eigenvalue weighted by atomic mass is 10.1. The summed E-state index contributed by atoms with van der Waals surface area (Å²) in [6, 6.07) is 16.6. The Bertz CT molecular complexity index is 793. The van der Waals surface area contributed by atoms with Gasteiger partial charge in [0.2, 0.25) is 0 Å². The molecule has 0 atom stereocenters. The largest absolute Gasteiger partial charge is 0.101 e. The first-order valence-corrected chi connectivity index (χ1v) is 7.69. The van der Waals surface area contributed by atoms with Gasteiger partial charge in [-0.3, -0.25) is 0 Å². The smallest absolute Gasteiger partial charge is 0.0245 e. The first kappa shape index (κ1) is 16.4. The van der Waals surface area contributed by atoms with E-state index in [2.05, 4.69) is 84.4 Å². The van der Waals surface area contributed by atoms with Crippen molar-refractivity contribution in [1.29, 1.82) is 0 Å². The van der Waals surface area contributed by atoms with E-state index in [4.69, 9.17) is 0 Å². The SMILES string of the molecule is CC#Cc1ccc(C=CC=CCc2ccc(C#CC)cc2)cc1. The number of hydrogen-bond acceptors (Lipinski definition) is 0. The fourth-order valence-electron chi connectivity index (χ4n) is 2.14. The minimum absolute atomic E-state index is 0.926. The van der Waals surface area contributed by atoms with Crippen LogP contribution in [0.3, 0.4) is 0 Å². The van der Waals surface area contributed by atoms with Crippen LogP contribution in [0.4, 0.5) is 0 Å². The third-order valence-corrected chi connectivity index (χ3v) is 3.29. The highest BCUT2D eigenvalue weighted by atomic mass is 13.9. The highest BCUT2D eigenvalue weighted by molar-refractivity contribution is 5.53. The summed E-state index contributed by atoms with van der Waals surface area (Å²) >= 11 is 0. The molecule has 23 heavy (non-hydrogen) atoms. The highest BCUT2D eigenvalue weighted by Gasteiger charge is 1.90. The van der Waals surface area contributed by atoms with Gasteiger partial charge in [0.25, 0.3) is 0 Å². The molecule has 0 heteroatoms. The second-order valence-corrected chi connectivity index (χ2v) is 5.06. The van der Waals surface area contributed by atoms with E-state index in [1.807, 2.05) is 26.0 Å². The van der Waals surface area contributed by atoms with E-state index >= 15 is 0 Å². The molecular formula is C23H20. The van der Waals surface area contributed by atoms with Crippen molar-refractivity contribution in [2.75, 3.05) is 0 Å². The second kappa shape index (κ2) is 9.14. The summed E-state index contributed by atoms with van der Waals surface area (Å²) in [5.41, 5.74) is 4.59.